The van der Waals surface area contributed by atoms with E-state index >= 15 is 0 Å². The summed E-state index contributed by atoms with van der Waals surface area (Å²) in [4.78, 5) is 24.0. The van der Waals surface area contributed by atoms with Crippen LogP contribution in [0.25, 0.3) is 0 Å². The minimum Gasteiger partial charge on any atom is -0.495 e. The van der Waals surface area contributed by atoms with Gasteiger partial charge < -0.3 is 19.9 Å². The maximum absolute atomic E-state index is 12.6. The predicted octanol–water partition coefficient (Wildman–Crippen LogP) is 1.60. The highest BCUT2D eigenvalue weighted by molar-refractivity contribution is 5.97. The van der Waals surface area contributed by atoms with Crippen LogP contribution in [0.5, 0.6) is 5.75 Å². The Kier molecular flexibility index (Phi) is 3.62. The lowest BCUT2D eigenvalue weighted by Gasteiger charge is -2.21. The largest absolute Gasteiger partial charge is 0.495 e. The number of aryl methyl sites for hydroxylation is 1. The number of anilines is 1. The molecule has 1 aromatic carbocycles. The zero-order valence-corrected chi connectivity index (χ0v) is 12.3. The predicted molar refractivity (Wildman–Crippen MR) is 78.8 cm³/mol. The van der Waals surface area contributed by atoms with Gasteiger partial charge in [-0.15, -0.1) is 0 Å². The Morgan fingerprint density at radius 1 is 1.23 bits per heavy atom. The fourth-order valence-corrected chi connectivity index (χ4v) is 3.05. The number of hydrogen-bond donors (Lipinski definition) is 2. The maximum atomic E-state index is 12.6. The Morgan fingerprint density at radius 3 is 2.55 bits per heavy atom. The molecule has 22 heavy (non-hydrogen) atoms. The molecule has 3 rings (SSSR count). The molecule has 2 aliphatic rings. The molecule has 1 aromatic rings. The van der Waals surface area contributed by atoms with Crippen LogP contribution >= 0.6 is 0 Å². The zero-order valence-electron chi connectivity index (χ0n) is 12.3. The van der Waals surface area contributed by atoms with Crippen LogP contribution in [-0.2, 0) is 14.3 Å². The van der Waals surface area contributed by atoms with Crippen LogP contribution in [0.3, 0.4) is 0 Å². The number of nitrogens with one attached hydrogen (secondary N) is 1. The van der Waals surface area contributed by atoms with Gasteiger partial charge in [0.1, 0.15) is 11.7 Å². The average molecular weight is 303 g/mol. The van der Waals surface area contributed by atoms with Crippen LogP contribution in [0, 0.1) is 18.8 Å². The van der Waals surface area contributed by atoms with Crippen molar-refractivity contribution in [3.8, 4) is 5.75 Å². The normalized spacial score (nSPS) is 28.6. The van der Waals surface area contributed by atoms with Crippen LogP contribution in [0.15, 0.2) is 30.4 Å². The van der Waals surface area contributed by atoms with Gasteiger partial charge in [0.15, 0.2) is 0 Å². The van der Waals surface area contributed by atoms with Crippen molar-refractivity contribution in [2.24, 2.45) is 11.8 Å². The highest BCUT2D eigenvalue weighted by Crippen LogP contribution is 2.40. The number of hydrogen-bond acceptors (Lipinski definition) is 4. The maximum Gasteiger partial charge on any atom is 0.310 e. The summed E-state index contributed by atoms with van der Waals surface area (Å²) in [5.41, 5.74) is 1.50. The Bertz CT molecular complexity index is 654. The van der Waals surface area contributed by atoms with E-state index in [2.05, 4.69) is 5.32 Å². The summed E-state index contributed by atoms with van der Waals surface area (Å²) in [5, 5.41) is 12.1. The van der Waals surface area contributed by atoms with Crippen LogP contribution in [0.4, 0.5) is 5.69 Å². The van der Waals surface area contributed by atoms with E-state index in [0.29, 0.717) is 11.4 Å². The van der Waals surface area contributed by atoms with Crippen LogP contribution in [-0.4, -0.2) is 36.3 Å². The summed E-state index contributed by atoms with van der Waals surface area (Å²) in [6, 6.07) is 5.42. The lowest BCUT2D eigenvalue weighted by atomic mass is 9.82. The van der Waals surface area contributed by atoms with E-state index in [0.717, 1.165) is 5.56 Å². The number of carbonyl (C=O) groups is 2. The Morgan fingerprint density at radius 2 is 1.91 bits per heavy atom. The Labute approximate surface area is 127 Å². The van der Waals surface area contributed by atoms with Gasteiger partial charge in [0, 0.05) is 0 Å². The molecule has 1 saturated heterocycles. The first kappa shape index (κ1) is 14.6. The molecular formula is C16H17NO5. The number of carboxylic acid groups (broad SMARTS) is 1. The monoisotopic (exact) mass is 303 g/mol. The SMILES string of the molecule is COc1ccc(C)cc1NC(=O)C1C2C=CC(O2)C1C(=O)O. The molecule has 6 nitrogen and oxygen atoms in total. The number of rotatable bonds is 4. The van der Waals surface area contributed by atoms with Gasteiger partial charge >= 0.3 is 5.97 Å². The van der Waals surface area contributed by atoms with Gasteiger partial charge in [-0.05, 0) is 24.6 Å². The third-order valence-corrected chi connectivity index (χ3v) is 4.10. The fourth-order valence-electron chi connectivity index (χ4n) is 3.05. The molecule has 0 radical (unpaired) electrons. The second-order valence-corrected chi connectivity index (χ2v) is 5.53. The van der Waals surface area contributed by atoms with E-state index in [1.807, 2.05) is 13.0 Å². The van der Waals surface area contributed by atoms with Crippen LogP contribution < -0.4 is 10.1 Å². The van der Waals surface area contributed by atoms with E-state index < -0.39 is 30.0 Å². The van der Waals surface area contributed by atoms with Crippen LogP contribution in [0.2, 0.25) is 0 Å². The van der Waals surface area contributed by atoms with Gasteiger partial charge in [-0.2, -0.15) is 0 Å². The van der Waals surface area contributed by atoms with Crippen molar-refractivity contribution in [1.29, 1.82) is 0 Å². The average Bonchev–Trinajstić information content (AvgIpc) is 3.08. The molecule has 0 saturated carbocycles. The molecule has 116 valence electrons. The standard InChI is InChI=1S/C16H17NO5/c1-8-3-4-10(21-2)9(7-8)17-15(18)13-11-5-6-12(22-11)14(13)16(19)20/h3-7,11-14H,1-2H3,(H,17,18)(H,19,20). The van der Waals surface area contributed by atoms with Crippen molar-refractivity contribution < 1.29 is 24.2 Å². The van der Waals surface area contributed by atoms with E-state index in [-0.39, 0.29) is 5.91 Å². The van der Waals surface area contributed by atoms with E-state index in [1.54, 1.807) is 24.3 Å². The molecule has 2 N–H and O–H groups in total. The molecule has 2 heterocycles. The third-order valence-electron chi connectivity index (χ3n) is 4.10. The number of fused-ring (bicyclic) bond motifs is 2. The number of benzene rings is 1. The summed E-state index contributed by atoms with van der Waals surface area (Å²) >= 11 is 0. The first-order valence-corrected chi connectivity index (χ1v) is 7.03. The van der Waals surface area contributed by atoms with Gasteiger partial charge in [-0.3, -0.25) is 9.59 Å². The Balaban J connectivity index is 1.84. The molecule has 1 amide bonds. The molecule has 1 fully saturated rings. The highest BCUT2D eigenvalue weighted by atomic mass is 16.5. The number of aliphatic carboxylic acids is 1. The topological polar surface area (TPSA) is 84.9 Å². The first-order valence-electron chi connectivity index (χ1n) is 7.03. The van der Waals surface area contributed by atoms with Gasteiger partial charge in [0.2, 0.25) is 5.91 Å². The number of amides is 1. The molecular weight excluding hydrogens is 286 g/mol. The number of methoxy groups -OCH3 is 1. The minimum atomic E-state index is -1.02. The van der Waals surface area contributed by atoms with Gasteiger partial charge in [0.05, 0.1) is 30.9 Å². The van der Waals surface area contributed by atoms with E-state index in [1.165, 1.54) is 7.11 Å². The molecule has 0 spiro atoms. The summed E-state index contributed by atoms with van der Waals surface area (Å²) in [6.07, 6.45) is 2.45. The molecule has 2 bridgehead atoms. The number of ether oxygens (including phenoxy) is 2. The summed E-state index contributed by atoms with van der Waals surface area (Å²) < 4.78 is 10.7. The smallest absolute Gasteiger partial charge is 0.310 e. The first-order chi connectivity index (χ1) is 10.5. The van der Waals surface area contributed by atoms with Crippen molar-refractivity contribution in [2.45, 2.75) is 19.1 Å². The van der Waals surface area contributed by atoms with Crippen molar-refractivity contribution in [3.05, 3.63) is 35.9 Å². The molecule has 4 unspecified atom stereocenters. The zero-order chi connectivity index (χ0) is 15.9. The lowest BCUT2D eigenvalue weighted by molar-refractivity contribution is -0.145. The van der Waals surface area contributed by atoms with Crippen molar-refractivity contribution in [1.82, 2.24) is 0 Å². The molecule has 6 heteroatoms. The summed E-state index contributed by atoms with van der Waals surface area (Å²) in [6.45, 7) is 1.90. The summed E-state index contributed by atoms with van der Waals surface area (Å²) in [5.74, 6) is -2.45. The minimum absolute atomic E-state index is 0.367. The van der Waals surface area contributed by atoms with Gasteiger partial charge in [0.25, 0.3) is 0 Å². The lowest BCUT2D eigenvalue weighted by Crippen LogP contribution is -2.39. The van der Waals surface area contributed by atoms with E-state index in [9.17, 15) is 14.7 Å². The molecule has 0 aromatic heterocycles. The van der Waals surface area contributed by atoms with Gasteiger partial charge in [-0.1, -0.05) is 18.2 Å². The summed E-state index contributed by atoms with van der Waals surface area (Å²) in [7, 11) is 1.52. The van der Waals surface area contributed by atoms with Crippen molar-refractivity contribution in [3.63, 3.8) is 0 Å². The number of carboxylic acids is 1. The second-order valence-electron chi connectivity index (χ2n) is 5.53. The molecule has 4 atom stereocenters. The highest BCUT2D eigenvalue weighted by Gasteiger charge is 2.53. The third kappa shape index (κ3) is 2.35. The van der Waals surface area contributed by atoms with Crippen LogP contribution in [0.1, 0.15) is 5.56 Å². The fraction of sp³-hybridized carbons (Fsp3) is 0.375. The number of carbonyl (C=O) groups excluding carboxylic acids is 1. The second kappa shape index (κ2) is 5.46. The quantitative estimate of drug-likeness (QED) is 0.825. The molecule has 0 aliphatic carbocycles. The Hall–Kier alpha value is -2.34. The van der Waals surface area contributed by atoms with Gasteiger partial charge in [-0.25, -0.2) is 0 Å². The van der Waals surface area contributed by atoms with E-state index in [4.69, 9.17) is 9.47 Å². The van der Waals surface area contributed by atoms with Crippen molar-refractivity contribution in [2.75, 3.05) is 12.4 Å². The molecule has 2 aliphatic heterocycles. The van der Waals surface area contributed by atoms with Crippen molar-refractivity contribution >= 4 is 17.6 Å².